The van der Waals surface area contributed by atoms with Crippen molar-refractivity contribution < 1.29 is 22.7 Å². The van der Waals surface area contributed by atoms with E-state index in [4.69, 9.17) is 0 Å². The smallest absolute Gasteiger partial charge is 0.427 e. The van der Waals surface area contributed by atoms with Gasteiger partial charge in [0.2, 0.25) is 0 Å². The van der Waals surface area contributed by atoms with Gasteiger partial charge in [0, 0.05) is 6.54 Å². The number of ether oxygens (including phenoxy) is 1. The van der Waals surface area contributed by atoms with Crippen LogP contribution in [0.4, 0.5) is 18.3 Å². The summed E-state index contributed by atoms with van der Waals surface area (Å²) in [6.07, 6.45) is -3.58. The largest absolute Gasteiger partial charge is 0.465 e. The molecule has 4 nitrogen and oxygen atoms in total. The van der Waals surface area contributed by atoms with Crippen LogP contribution in [0.25, 0.3) is 0 Å². The molecule has 8 heteroatoms. The van der Waals surface area contributed by atoms with Crippen molar-refractivity contribution in [3.63, 3.8) is 0 Å². The van der Waals surface area contributed by atoms with Crippen molar-refractivity contribution in [1.82, 2.24) is 4.98 Å². The number of halogens is 3. The minimum Gasteiger partial charge on any atom is -0.465 e. The minimum atomic E-state index is -4.38. The van der Waals surface area contributed by atoms with Crippen molar-refractivity contribution in [3.05, 3.63) is 46.5 Å². The molecule has 1 N–H and O–H groups in total. The molecule has 21 heavy (non-hydrogen) atoms. The number of alkyl halides is 3. The van der Waals surface area contributed by atoms with Crippen LogP contribution in [0.5, 0.6) is 0 Å². The highest BCUT2D eigenvalue weighted by molar-refractivity contribution is 7.15. The van der Waals surface area contributed by atoms with Crippen LogP contribution < -0.4 is 5.32 Å². The van der Waals surface area contributed by atoms with Gasteiger partial charge >= 0.3 is 12.1 Å². The molecule has 0 aliphatic heterocycles. The van der Waals surface area contributed by atoms with E-state index in [9.17, 15) is 18.0 Å². The molecule has 0 bridgehead atoms. The Kier molecular flexibility index (Phi) is 4.46. The highest BCUT2D eigenvalue weighted by Crippen LogP contribution is 2.35. The third-order valence-corrected chi connectivity index (χ3v) is 3.60. The van der Waals surface area contributed by atoms with E-state index in [1.54, 1.807) is 24.3 Å². The van der Waals surface area contributed by atoms with E-state index in [-0.39, 0.29) is 5.13 Å². The molecule has 0 saturated carbocycles. The lowest BCUT2D eigenvalue weighted by molar-refractivity contribution is -0.134. The van der Waals surface area contributed by atoms with E-state index in [0.717, 1.165) is 11.8 Å². The van der Waals surface area contributed by atoms with Gasteiger partial charge in [-0.1, -0.05) is 23.5 Å². The molecule has 0 radical (unpaired) electrons. The van der Waals surface area contributed by atoms with Crippen LogP contribution in [0, 0.1) is 0 Å². The summed E-state index contributed by atoms with van der Waals surface area (Å²) >= 11 is 0.549. The Bertz CT molecular complexity index is 623. The number of benzene rings is 1. The lowest BCUT2D eigenvalue weighted by atomic mass is 10.1. The highest BCUT2D eigenvalue weighted by Gasteiger charge is 2.33. The molecule has 2 rings (SSSR count). The predicted octanol–water partition coefficient (Wildman–Crippen LogP) is 3.56. The summed E-state index contributed by atoms with van der Waals surface area (Å²) in [6, 6.07) is 6.56. The predicted molar refractivity (Wildman–Crippen MR) is 72.2 cm³/mol. The maximum Gasteiger partial charge on any atom is 0.427 e. The molecular formula is C13H11F3N2O2S. The van der Waals surface area contributed by atoms with Gasteiger partial charge in [0.25, 0.3) is 0 Å². The van der Waals surface area contributed by atoms with Crippen molar-refractivity contribution in [1.29, 1.82) is 0 Å². The summed E-state index contributed by atoms with van der Waals surface area (Å²) in [7, 11) is 1.29. The van der Waals surface area contributed by atoms with Crippen molar-refractivity contribution in [2.45, 2.75) is 12.7 Å². The normalized spacial score (nSPS) is 11.2. The maximum atomic E-state index is 12.4. The van der Waals surface area contributed by atoms with Crippen LogP contribution in [0.3, 0.4) is 0 Å². The van der Waals surface area contributed by atoms with E-state index < -0.39 is 17.0 Å². The monoisotopic (exact) mass is 316 g/mol. The van der Waals surface area contributed by atoms with Crippen LogP contribution in [-0.4, -0.2) is 18.1 Å². The van der Waals surface area contributed by atoms with E-state index in [0.29, 0.717) is 23.4 Å². The molecule has 0 spiro atoms. The fraction of sp³-hybridized carbons (Fsp3) is 0.231. The first-order chi connectivity index (χ1) is 9.90. The molecular weight excluding hydrogens is 305 g/mol. The van der Waals surface area contributed by atoms with Gasteiger partial charge in [-0.2, -0.15) is 13.2 Å². The van der Waals surface area contributed by atoms with Gasteiger partial charge in [-0.3, -0.25) is 0 Å². The third kappa shape index (κ3) is 3.94. The second-order valence-corrected chi connectivity index (χ2v) is 5.10. The lowest BCUT2D eigenvalue weighted by Crippen LogP contribution is -2.03. The summed E-state index contributed by atoms with van der Waals surface area (Å²) in [5.41, 5.74) is 1.22. The first-order valence-corrected chi connectivity index (χ1v) is 6.66. The number of methoxy groups -OCH3 is 1. The number of aromatic nitrogens is 1. The molecule has 0 aliphatic carbocycles. The summed E-state index contributed by atoms with van der Waals surface area (Å²) in [4.78, 5) is 14.2. The molecule has 0 atom stereocenters. The van der Waals surface area contributed by atoms with Crippen LogP contribution >= 0.6 is 11.3 Å². The SMILES string of the molecule is COC(=O)c1ccc(CNc2ncc(C(F)(F)F)s2)cc1. The van der Waals surface area contributed by atoms with Crippen LogP contribution in [0.15, 0.2) is 30.5 Å². The molecule has 0 amide bonds. The van der Waals surface area contributed by atoms with Gasteiger partial charge in [0.05, 0.1) is 18.9 Å². The molecule has 1 heterocycles. The second-order valence-electron chi connectivity index (χ2n) is 4.07. The number of thiazole rings is 1. The standard InChI is InChI=1S/C13H11F3N2O2S/c1-20-11(19)9-4-2-8(3-5-9)6-17-12-18-7-10(21-12)13(14,15)16/h2-5,7H,6H2,1H3,(H,17,18). The van der Waals surface area contributed by atoms with Crippen LogP contribution in [-0.2, 0) is 17.5 Å². The Morgan fingerprint density at radius 2 is 2.00 bits per heavy atom. The van der Waals surface area contributed by atoms with Crippen molar-refractivity contribution >= 4 is 22.4 Å². The molecule has 0 unspecified atom stereocenters. The van der Waals surface area contributed by atoms with Gasteiger partial charge in [-0.15, -0.1) is 0 Å². The zero-order valence-electron chi connectivity index (χ0n) is 10.9. The molecule has 0 fully saturated rings. The van der Waals surface area contributed by atoms with Crippen molar-refractivity contribution in [2.24, 2.45) is 0 Å². The van der Waals surface area contributed by atoms with Crippen LogP contribution in [0.2, 0.25) is 0 Å². The van der Waals surface area contributed by atoms with Gasteiger partial charge in [-0.05, 0) is 17.7 Å². The molecule has 0 aliphatic rings. The van der Waals surface area contributed by atoms with E-state index in [2.05, 4.69) is 15.0 Å². The first kappa shape index (κ1) is 15.3. The molecule has 0 saturated heterocycles. The number of nitrogens with zero attached hydrogens (tertiary/aromatic N) is 1. The number of hydrogen-bond acceptors (Lipinski definition) is 5. The van der Waals surface area contributed by atoms with Crippen molar-refractivity contribution in [3.8, 4) is 0 Å². The maximum absolute atomic E-state index is 12.4. The average molecular weight is 316 g/mol. The fourth-order valence-corrected chi connectivity index (χ4v) is 2.22. The Balaban J connectivity index is 1.97. The van der Waals surface area contributed by atoms with E-state index in [1.165, 1.54) is 7.11 Å². The van der Waals surface area contributed by atoms with E-state index >= 15 is 0 Å². The summed E-state index contributed by atoms with van der Waals surface area (Å²) < 4.78 is 41.8. The second kappa shape index (κ2) is 6.13. The molecule has 112 valence electrons. The van der Waals surface area contributed by atoms with Gasteiger partial charge in [0.1, 0.15) is 4.88 Å². The fourth-order valence-electron chi connectivity index (χ4n) is 1.54. The lowest BCUT2D eigenvalue weighted by Gasteiger charge is -2.04. The van der Waals surface area contributed by atoms with Gasteiger partial charge in [-0.25, -0.2) is 9.78 Å². The van der Waals surface area contributed by atoms with E-state index in [1.807, 2.05) is 0 Å². The zero-order chi connectivity index (χ0) is 15.5. The number of anilines is 1. The first-order valence-electron chi connectivity index (χ1n) is 5.84. The number of esters is 1. The van der Waals surface area contributed by atoms with Crippen molar-refractivity contribution in [2.75, 3.05) is 12.4 Å². The molecule has 1 aromatic carbocycles. The molecule has 2 aromatic rings. The zero-order valence-corrected chi connectivity index (χ0v) is 11.7. The average Bonchev–Trinajstić information content (AvgIpc) is 2.94. The minimum absolute atomic E-state index is 0.194. The number of carbonyl (C=O) groups excluding carboxylic acids is 1. The Morgan fingerprint density at radius 3 is 2.52 bits per heavy atom. The topological polar surface area (TPSA) is 51.2 Å². The number of rotatable bonds is 4. The summed E-state index contributed by atoms with van der Waals surface area (Å²) in [5, 5.41) is 3.00. The Labute approximate surface area is 122 Å². The van der Waals surface area contributed by atoms with Gasteiger partial charge < -0.3 is 10.1 Å². The number of carbonyl (C=O) groups is 1. The third-order valence-electron chi connectivity index (χ3n) is 2.60. The van der Waals surface area contributed by atoms with Gasteiger partial charge in [0.15, 0.2) is 5.13 Å². The number of hydrogen-bond donors (Lipinski definition) is 1. The highest BCUT2D eigenvalue weighted by atomic mass is 32.1. The molecule has 1 aromatic heterocycles. The summed E-state index contributed by atoms with van der Waals surface area (Å²) in [6.45, 7) is 0.312. The van der Waals surface area contributed by atoms with Crippen LogP contribution in [0.1, 0.15) is 20.8 Å². The Hall–Kier alpha value is -2.09. The summed E-state index contributed by atoms with van der Waals surface area (Å²) in [5.74, 6) is -0.441. The quantitative estimate of drug-likeness (QED) is 0.876. The Morgan fingerprint density at radius 1 is 1.33 bits per heavy atom. The number of nitrogens with one attached hydrogen (secondary N) is 1.